The quantitative estimate of drug-likeness (QED) is 0.680. The summed E-state index contributed by atoms with van der Waals surface area (Å²) in [4.78, 5) is 28.8. The molecule has 3 heterocycles. The van der Waals surface area contributed by atoms with Crippen LogP contribution in [0, 0.1) is 0 Å². The van der Waals surface area contributed by atoms with Gasteiger partial charge in [0.15, 0.2) is 5.82 Å². The fourth-order valence-corrected chi connectivity index (χ4v) is 3.51. The standard InChI is InChI=1S/C13H14ClN5O/c1-18-9-6-15-11(14)17-10(9)19-12(18)16-7-13(19)4-2-8(20)3-5-13/h6H,2-5,7H2,1H3. The van der Waals surface area contributed by atoms with Crippen LogP contribution in [-0.2, 0) is 4.79 Å². The maximum absolute atomic E-state index is 11.5. The van der Waals surface area contributed by atoms with E-state index >= 15 is 0 Å². The van der Waals surface area contributed by atoms with Gasteiger partial charge in [0.25, 0.3) is 0 Å². The monoisotopic (exact) mass is 291 g/mol. The van der Waals surface area contributed by atoms with Crippen molar-refractivity contribution in [3.05, 3.63) is 11.5 Å². The van der Waals surface area contributed by atoms with Crippen LogP contribution in [0.4, 0.5) is 11.5 Å². The normalized spacial score (nSPS) is 23.1. The highest BCUT2D eigenvalue weighted by atomic mass is 35.5. The number of carbonyl (C=O) groups is 1. The minimum absolute atomic E-state index is 0.111. The van der Waals surface area contributed by atoms with Gasteiger partial charge in [-0.1, -0.05) is 0 Å². The summed E-state index contributed by atoms with van der Waals surface area (Å²) in [6.07, 6.45) is 4.63. The second kappa shape index (κ2) is 3.91. The molecular weight excluding hydrogens is 278 g/mol. The van der Waals surface area contributed by atoms with Crippen molar-refractivity contribution in [1.82, 2.24) is 9.97 Å². The van der Waals surface area contributed by atoms with E-state index in [0.717, 1.165) is 36.9 Å². The Morgan fingerprint density at radius 1 is 1.35 bits per heavy atom. The zero-order chi connectivity index (χ0) is 13.9. The molecule has 1 fully saturated rings. The number of rotatable bonds is 0. The summed E-state index contributed by atoms with van der Waals surface area (Å²) in [7, 11) is 1.96. The highest BCUT2D eigenvalue weighted by Crippen LogP contribution is 2.46. The number of aliphatic imine (C=N–C) groups is 1. The van der Waals surface area contributed by atoms with Crippen LogP contribution in [0.3, 0.4) is 0 Å². The summed E-state index contributed by atoms with van der Waals surface area (Å²) >= 11 is 5.95. The number of hydrogen-bond donors (Lipinski definition) is 0. The van der Waals surface area contributed by atoms with Gasteiger partial charge in [0.1, 0.15) is 11.5 Å². The van der Waals surface area contributed by atoms with E-state index in [0.29, 0.717) is 18.6 Å². The summed E-state index contributed by atoms with van der Waals surface area (Å²) in [6, 6.07) is 0. The van der Waals surface area contributed by atoms with Crippen LogP contribution in [0.25, 0.3) is 0 Å². The van der Waals surface area contributed by atoms with Crippen LogP contribution in [0.15, 0.2) is 11.2 Å². The van der Waals surface area contributed by atoms with E-state index in [1.54, 1.807) is 6.20 Å². The highest BCUT2D eigenvalue weighted by molar-refractivity contribution is 6.28. The second-order valence-corrected chi connectivity index (χ2v) is 5.96. The molecule has 0 N–H and O–H groups in total. The van der Waals surface area contributed by atoms with Crippen LogP contribution in [0.2, 0.25) is 5.28 Å². The van der Waals surface area contributed by atoms with E-state index in [2.05, 4.69) is 19.9 Å². The number of guanidine groups is 1. The molecule has 0 bridgehead atoms. The van der Waals surface area contributed by atoms with Gasteiger partial charge in [-0.15, -0.1) is 0 Å². The molecule has 1 aromatic rings. The number of aromatic nitrogens is 2. The Morgan fingerprint density at radius 2 is 2.10 bits per heavy atom. The minimum atomic E-state index is -0.111. The predicted octanol–water partition coefficient (Wildman–Crippen LogP) is 1.64. The number of ketones is 1. The molecule has 104 valence electrons. The fourth-order valence-electron chi connectivity index (χ4n) is 3.38. The van der Waals surface area contributed by atoms with Gasteiger partial charge in [0.05, 0.1) is 18.3 Å². The topological polar surface area (TPSA) is 61.7 Å². The maximum Gasteiger partial charge on any atom is 0.224 e. The van der Waals surface area contributed by atoms with Crippen LogP contribution < -0.4 is 9.80 Å². The summed E-state index contributed by atoms with van der Waals surface area (Å²) in [5.41, 5.74) is 0.810. The minimum Gasteiger partial charge on any atom is -0.311 e. The van der Waals surface area contributed by atoms with Crippen LogP contribution >= 0.6 is 11.6 Å². The lowest BCUT2D eigenvalue weighted by atomic mass is 9.80. The molecule has 0 atom stereocenters. The summed E-state index contributed by atoms with van der Waals surface area (Å²) in [5.74, 6) is 2.06. The van der Waals surface area contributed by atoms with Gasteiger partial charge < -0.3 is 4.90 Å². The SMILES string of the molecule is CN1C2=NCC3(CCC(=O)CC3)N2c2nc(Cl)ncc21. The molecule has 7 heteroatoms. The van der Waals surface area contributed by atoms with E-state index < -0.39 is 0 Å². The van der Waals surface area contributed by atoms with Gasteiger partial charge in [0, 0.05) is 19.9 Å². The molecule has 1 saturated carbocycles. The third-order valence-corrected chi connectivity index (χ3v) is 4.70. The molecule has 2 aliphatic heterocycles. The van der Waals surface area contributed by atoms with Crippen molar-refractivity contribution >= 4 is 34.8 Å². The smallest absolute Gasteiger partial charge is 0.224 e. The number of nitrogens with zero attached hydrogens (tertiary/aromatic N) is 5. The lowest BCUT2D eigenvalue weighted by Crippen LogP contribution is -2.52. The first-order valence-electron chi connectivity index (χ1n) is 6.73. The van der Waals surface area contributed by atoms with Crippen molar-refractivity contribution in [1.29, 1.82) is 0 Å². The molecule has 4 rings (SSSR count). The largest absolute Gasteiger partial charge is 0.311 e. The van der Waals surface area contributed by atoms with Crippen molar-refractivity contribution in [3.63, 3.8) is 0 Å². The number of fused-ring (bicyclic) bond motifs is 4. The van der Waals surface area contributed by atoms with Crippen molar-refractivity contribution in [2.45, 2.75) is 31.2 Å². The molecule has 0 unspecified atom stereocenters. The zero-order valence-corrected chi connectivity index (χ0v) is 11.9. The molecule has 0 amide bonds. The van der Waals surface area contributed by atoms with E-state index in [1.807, 2.05) is 11.9 Å². The third kappa shape index (κ3) is 1.45. The Kier molecular flexibility index (Phi) is 2.36. The Labute approximate surface area is 121 Å². The van der Waals surface area contributed by atoms with Crippen LogP contribution in [0.5, 0.6) is 0 Å². The molecule has 20 heavy (non-hydrogen) atoms. The van der Waals surface area contributed by atoms with Gasteiger partial charge in [0.2, 0.25) is 11.2 Å². The molecule has 3 aliphatic rings. The number of anilines is 2. The fraction of sp³-hybridized carbons (Fsp3) is 0.538. The average molecular weight is 292 g/mol. The summed E-state index contributed by atoms with van der Waals surface area (Å²) < 4.78 is 0. The highest BCUT2D eigenvalue weighted by Gasteiger charge is 2.51. The van der Waals surface area contributed by atoms with Gasteiger partial charge in [-0.2, -0.15) is 4.98 Å². The number of halogens is 1. The van der Waals surface area contributed by atoms with Crippen LogP contribution in [-0.4, -0.2) is 40.8 Å². The first-order chi connectivity index (χ1) is 9.61. The van der Waals surface area contributed by atoms with Crippen molar-refractivity contribution < 1.29 is 4.79 Å². The molecule has 0 saturated heterocycles. The Balaban J connectivity index is 1.81. The van der Waals surface area contributed by atoms with E-state index in [1.165, 1.54) is 0 Å². The Morgan fingerprint density at radius 3 is 2.85 bits per heavy atom. The molecule has 1 aromatic heterocycles. The molecule has 1 spiro atoms. The van der Waals surface area contributed by atoms with Crippen molar-refractivity contribution in [2.75, 3.05) is 23.4 Å². The molecule has 0 radical (unpaired) electrons. The first kappa shape index (κ1) is 12.1. The summed E-state index contributed by atoms with van der Waals surface area (Å²) in [5, 5.41) is 0.243. The maximum atomic E-state index is 11.5. The molecule has 1 aliphatic carbocycles. The Bertz CT molecular complexity index is 634. The summed E-state index contributed by atoms with van der Waals surface area (Å²) in [6.45, 7) is 0.723. The van der Waals surface area contributed by atoms with Gasteiger partial charge in [-0.3, -0.25) is 9.69 Å². The van der Waals surface area contributed by atoms with Gasteiger partial charge in [-0.25, -0.2) is 9.98 Å². The first-order valence-corrected chi connectivity index (χ1v) is 7.11. The number of carbonyl (C=O) groups excluding carboxylic acids is 1. The number of hydrogen-bond acceptors (Lipinski definition) is 6. The van der Waals surface area contributed by atoms with Gasteiger partial charge >= 0.3 is 0 Å². The second-order valence-electron chi connectivity index (χ2n) is 5.62. The van der Waals surface area contributed by atoms with E-state index in [-0.39, 0.29) is 10.8 Å². The molecule has 0 aromatic carbocycles. The molecule has 6 nitrogen and oxygen atoms in total. The average Bonchev–Trinajstić information content (AvgIpc) is 2.93. The van der Waals surface area contributed by atoms with Crippen molar-refractivity contribution in [2.24, 2.45) is 4.99 Å². The lowest BCUT2D eigenvalue weighted by Gasteiger charge is -2.39. The van der Waals surface area contributed by atoms with E-state index in [4.69, 9.17) is 11.6 Å². The zero-order valence-electron chi connectivity index (χ0n) is 11.1. The predicted molar refractivity (Wildman–Crippen MR) is 76.4 cm³/mol. The van der Waals surface area contributed by atoms with Gasteiger partial charge in [-0.05, 0) is 24.4 Å². The third-order valence-electron chi connectivity index (χ3n) is 4.52. The van der Waals surface area contributed by atoms with Crippen molar-refractivity contribution in [3.8, 4) is 0 Å². The van der Waals surface area contributed by atoms with E-state index in [9.17, 15) is 4.79 Å². The molecular formula is C13H14ClN5O. The van der Waals surface area contributed by atoms with Crippen LogP contribution in [0.1, 0.15) is 25.7 Å². The lowest BCUT2D eigenvalue weighted by molar-refractivity contribution is -0.121. The Hall–Kier alpha value is -1.69. The number of Topliss-reactive ketones (excluding diaryl/α,β-unsaturated/α-hetero) is 1.